The lowest BCUT2D eigenvalue weighted by Gasteiger charge is -2.41. The number of nitrogens with one attached hydrogen (secondary N) is 2. The predicted molar refractivity (Wildman–Crippen MR) is 84.8 cm³/mol. The Hall–Kier alpha value is -1.07. The lowest BCUT2D eigenvalue weighted by Crippen LogP contribution is -2.59. The van der Waals surface area contributed by atoms with Crippen LogP contribution in [0, 0.1) is 0 Å². The molecule has 6 heteroatoms. The molecule has 22 heavy (non-hydrogen) atoms. The summed E-state index contributed by atoms with van der Waals surface area (Å²) in [5.74, 6) is 0.735. The number of hydrogen-bond acceptors (Lipinski definition) is 4. The molecule has 2 atom stereocenters. The fourth-order valence-corrected chi connectivity index (χ4v) is 3.52. The fourth-order valence-electron chi connectivity index (χ4n) is 3.37. The van der Waals surface area contributed by atoms with Crippen molar-refractivity contribution in [3.63, 3.8) is 0 Å². The zero-order chi connectivity index (χ0) is 15.4. The second-order valence-electron chi connectivity index (χ2n) is 6.48. The first-order valence-electron chi connectivity index (χ1n) is 8.37. The number of amides is 1. The van der Waals surface area contributed by atoms with Gasteiger partial charge >= 0.3 is 0 Å². The van der Waals surface area contributed by atoms with Crippen molar-refractivity contribution < 1.29 is 9.32 Å². The van der Waals surface area contributed by atoms with Crippen LogP contribution in [0.15, 0.2) is 10.6 Å². The number of aromatic nitrogens is 1. The van der Waals surface area contributed by atoms with E-state index < -0.39 is 0 Å². The number of carbonyl (C=O) groups excluding carboxylic acids is 1. The SMILES string of the molecule is O=C(CCc1cc(Cl)no1)N[C@H]1CC[C@H]1NC1CCCCC1. The molecule has 2 aliphatic rings. The minimum absolute atomic E-state index is 0.0765. The van der Waals surface area contributed by atoms with E-state index in [0.717, 1.165) is 6.42 Å². The summed E-state index contributed by atoms with van der Waals surface area (Å²) in [7, 11) is 0. The van der Waals surface area contributed by atoms with Crippen LogP contribution < -0.4 is 10.6 Å². The average Bonchev–Trinajstić information content (AvgIpc) is 2.94. The molecule has 1 aromatic rings. The van der Waals surface area contributed by atoms with Crippen molar-refractivity contribution in [1.82, 2.24) is 15.8 Å². The van der Waals surface area contributed by atoms with Gasteiger partial charge in [-0.25, -0.2) is 0 Å². The zero-order valence-corrected chi connectivity index (χ0v) is 13.6. The Labute approximate surface area is 136 Å². The number of carbonyl (C=O) groups is 1. The highest BCUT2D eigenvalue weighted by molar-refractivity contribution is 6.29. The van der Waals surface area contributed by atoms with Gasteiger partial charge in [0.2, 0.25) is 5.91 Å². The standard InChI is InChI=1S/C16H24ClN3O2/c17-15-10-12(22-20-15)6-9-16(21)19-14-8-7-13(14)18-11-4-2-1-3-5-11/h10-11,13-14,18H,1-9H2,(H,19,21)/t13-,14+/m1/s1. The van der Waals surface area contributed by atoms with Gasteiger partial charge in [0.15, 0.2) is 5.15 Å². The molecule has 1 amide bonds. The van der Waals surface area contributed by atoms with Crippen LogP contribution in [0.2, 0.25) is 5.15 Å². The molecule has 5 nitrogen and oxygen atoms in total. The monoisotopic (exact) mass is 325 g/mol. The molecule has 0 saturated heterocycles. The first-order valence-corrected chi connectivity index (χ1v) is 8.75. The number of halogens is 1. The Bertz CT molecular complexity index is 499. The normalized spacial score (nSPS) is 25.7. The summed E-state index contributed by atoms with van der Waals surface area (Å²) in [6.07, 6.45) is 9.80. The van der Waals surface area contributed by atoms with Crippen LogP contribution in [-0.4, -0.2) is 29.2 Å². The molecule has 2 aliphatic carbocycles. The molecule has 0 bridgehead atoms. The highest BCUT2D eigenvalue weighted by Gasteiger charge is 2.33. The van der Waals surface area contributed by atoms with Gasteiger partial charge < -0.3 is 15.2 Å². The van der Waals surface area contributed by atoms with E-state index >= 15 is 0 Å². The minimum Gasteiger partial charge on any atom is -0.360 e. The van der Waals surface area contributed by atoms with Crippen molar-refractivity contribution in [3.05, 3.63) is 17.0 Å². The van der Waals surface area contributed by atoms with Crippen molar-refractivity contribution in [2.24, 2.45) is 0 Å². The smallest absolute Gasteiger partial charge is 0.220 e. The van der Waals surface area contributed by atoms with Gasteiger partial charge in [0.25, 0.3) is 0 Å². The Morgan fingerprint density at radius 1 is 1.23 bits per heavy atom. The quantitative estimate of drug-likeness (QED) is 0.844. The van der Waals surface area contributed by atoms with Gasteiger partial charge in [-0.05, 0) is 25.7 Å². The number of nitrogens with zero attached hydrogens (tertiary/aromatic N) is 1. The largest absolute Gasteiger partial charge is 0.360 e. The van der Waals surface area contributed by atoms with Gasteiger partial charge in [-0.1, -0.05) is 36.0 Å². The molecule has 2 fully saturated rings. The van der Waals surface area contributed by atoms with Gasteiger partial charge in [0, 0.05) is 37.0 Å². The minimum atomic E-state index is 0.0765. The number of rotatable bonds is 6. The summed E-state index contributed by atoms with van der Waals surface area (Å²) in [6, 6.07) is 3.04. The van der Waals surface area contributed by atoms with E-state index in [1.165, 1.54) is 38.5 Å². The van der Waals surface area contributed by atoms with Crippen molar-refractivity contribution in [2.75, 3.05) is 0 Å². The zero-order valence-electron chi connectivity index (χ0n) is 12.8. The molecule has 0 radical (unpaired) electrons. The molecular formula is C16H24ClN3O2. The maximum absolute atomic E-state index is 12.0. The third kappa shape index (κ3) is 4.23. The van der Waals surface area contributed by atoms with Crippen LogP contribution in [0.3, 0.4) is 0 Å². The summed E-state index contributed by atoms with van der Waals surface area (Å²) in [6.45, 7) is 0. The van der Waals surface area contributed by atoms with Gasteiger partial charge in [-0.15, -0.1) is 0 Å². The second-order valence-corrected chi connectivity index (χ2v) is 6.86. The molecule has 122 valence electrons. The van der Waals surface area contributed by atoms with Crippen LogP contribution in [0.5, 0.6) is 0 Å². The van der Waals surface area contributed by atoms with E-state index in [9.17, 15) is 4.79 Å². The second kappa shape index (κ2) is 7.47. The molecule has 1 aromatic heterocycles. The van der Waals surface area contributed by atoms with Gasteiger partial charge in [-0.2, -0.15) is 0 Å². The van der Waals surface area contributed by atoms with E-state index in [-0.39, 0.29) is 11.9 Å². The Balaban J connectivity index is 1.37. The van der Waals surface area contributed by atoms with Gasteiger partial charge in [0.05, 0.1) is 0 Å². The van der Waals surface area contributed by atoms with E-state index in [0.29, 0.717) is 35.8 Å². The molecule has 0 spiro atoms. The Morgan fingerprint density at radius 3 is 2.64 bits per heavy atom. The average molecular weight is 326 g/mol. The first kappa shape index (κ1) is 15.8. The van der Waals surface area contributed by atoms with Gasteiger partial charge in [0.1, 0.15) is 5.76 Å². The maximum atomic E-state index is 12.0. The molecule has 2 saturated carbocycles. The molecule has 0 aromatic carbocycles. The number of aryl methyl sites for hydroxylation is 1. The molecule has 3 rings (SSSR count). The Morgan fingerprint density at radius 2 is 2.00 bits per heavy atom. The van der Waals surface area contributed by atoms with E-state index in [1.54, 1.807) is 6.07 Å². The van der Waals surface area contributed by atoms with Crippen LogP contribution >= 0.6 is 11.6 Å². The van der Waals surface area contributed by atoms with Crippen molar-refractivity contribution in [1.29, 1.82) is 0 Å². The Kier molecular flexibility index (Phi) is 5.37. The van der Waals surface area contributed by atoms with Crippen LogP contribution in [0.1, 0.15) is 57.1 Å². The molecule has 1 heterocycles. The predicted octanol–water partition coefficient (Wildman–Crippen LogP) is 2.83. The molecular weight excluding hydrogens is 302 g/mol. The summed E-state index contributed by atoms with van der Waals surface area (Å²) >= 11 is 5.69. The molecule has 2 N–H and O–H groups in total. The van der Waals surface area contributed by atoms with Crippen molar-refractivity contribution in [2.45, 2.75) is 75.9 Å². The summed E-state index contributed by atoms with van der Waals surface area (Å²) in [5, 5.41) is 10.8. The maximum Gasteiger partial charge on any atom is 0.220 e. The molecule has 0 unspecified atom stereocenters. The van der Waals surface area contributed by atoms with E-state index in [2.05, 4.69) is 15.8 Å². The van der Waals surface area contributed by atoms with E-state index in [4.69, 9.17) is 16.1 Å². The van der Waals surface area contributed by atoms with E-state index in [1.807, 2.05) is 0 Å². The highest BCUT2D eigenvalue weighted by Crippen LogP contribution is 2.24. The lowest BCUT2D eigenvalue weighted by atomic mass is 9.84. The summed E-state index contributed by atoms with van der Waals surface area (Å²) in [5.41, 5.74) is 0. The number of hydrogen-bond donors (Lipinski definition) is 2. The third-order valence-corrected chi connectivity index (χ3v) is 4.98. The summed E-state index contributed by atoms with van der Waals surface area (Å²) < 4.78 is 5.01. The first-order chi connectivity index (χ1) is 10.7. The van der Waals surface area contributed by atoms with Gasteiger partial charge in [-0.3, -0.25) is 4.79 Å². The fraction of sp³-hybridized carbons (Fsp3) is 0.750. The highest BCUT2D eigenvalue weighted by atomic mass is 35.5. The topological polar surface area (TPSA) is 67.2 Å². The van der Waals surface area contributed by atoms with Crippen LogP contribution in [0.4, 0.5) is 0 Å². The van der Waals surface area contributed by atoms with Crippen LogP contribution in [0.25, 0.3) is 0 Å². The van der Waals surface area contributed by atoms with Crippen molar-refractivity contribution >= 4 is 17.5 Å². The summed E-state index contributed by atoms with van der Waals surface area (Å²) in [4.78, 5) is 12.0. The third-order valence-electron chi connectivity index (χ3n) is 4.80. The lowest BCUT2D eigenvalue weighted by molar-refractivity contribution is -0.122. The molecule has 0 aliphatic heterocycles. The van der Waals surface area contributed by atoms with Crippen LogP contribution in [-0.2, 0) is 11.2 Å². The van der Waals surface area contributed by atoms with Crippen molar-refractivity contribution in [3.8, 4) is 0 Å².